The van der Waals surface area contributed by atoms with Gasteiger partial charge >= 0.3 is 6.09 Å². The predicted molar refractivity (Wildman–Crippen MR) is 168 cm³/mol. The van der Waals surface area contributed by atoms with Crippen LogP contribution in [0.4, 0.5) is 4.79 Å². The summed E-state index contributed by atoms with van der Waals surface area (Å²) in [5.74, 6) is -0.00755. The van der Waals surface area contributed by atoms with Crippen LogP contribution in [0.5, 0.6) is 0 Å². The molecule has 0 unspecified atom stereocenters. The van der Waals surface area contributed by atoms with E-state index in [4.69, 9.17) is 9.16 Å². The van der Waals surface area contributed by atoms with E-state index in [0.29, 0.717) is 0 Å². The number of β-lactam (4-membered cyclic amide) rings is 1. The normalized spacial score (nSPS) is 22.4. The van der Waals surface area contributed by atoms with E-state index in [1.807, 2.05) is 47.0 Å². The summed E-state index contributed by atoms with van der Waals surface area (Å²) >= 11 is 0. The van der Waals surface area contributed by atoms with E-state index in [9.17, 15) is 9.59 Å². The first kappa shape index (κ1) is 29.3. The molecule has 3 aromatic rings. The molecule has 3 aromatic carbocycles. The molecule has 2 fully saturated rings. The van der Waals surface area contributed by atoms with Crippen LogP contribution < -0.4 is 10.4 Å². The van der Waals surface area contributed by atoms with Crippen LogP contribution in [0.15, 0.2) is 91.0 Å². The summed E-state index contributed by atoms with van der Waals surface area (Å²) in [7, 11) is -5.01. The Hall–Kier alpha value is -3.21. The molecule has 2 aliphatic rings. The highest BCUT2D eigenvalue weighted by atomic mass is 28.4. The van der Waals surface area contributed by atoms with Gasteiger partial charge in [0.2, 0.25) is 5.91 Å². The van der Waals surface area contributed by atoms with Crippen molar-refractivity contribution in [3.05, 3.63) is 96.6 Å². The minimum absolute atomic E-state index is 0.00755. The Morgan fingerprint density at radius 3 is 1.78 bits per heavy atom. The summed E-state index contributed by atoms with van der Waals surface area (Å²) in [6.45, 7) is 15.6. The molecule has 8 heteroatoms. The molecule has 0 spiro atoms. The lowest BCUT2D eigenvalue weighted by Crippen LogP contribution is -2.80. The zero-order valence-electron chi connectivity index (χ0n) is 25.2. The zero-order chi connectivity index (χ0) is 29.6. The monoisotopic (exact) mass is 586 g/mol. The summed E-state index contributed by atoms with van der Waals surface area (Å²) < 4.78 is 15.1. The van der Waals surface area contributed by atoms with Crippen molar-refractivity contribution in [1.82, 2.24) is 9.47 Å². The number of cyclic esters (lactones) is 1. The van der Waals surface area contributed by atoms with Gasteiger partial charge in [0.25, 0.3) is 8.32 Å². The van der Waals surface area contributed by atoms with Gasteiger partial charge in [-0.1, -0.05) is 131 Å². The quantitative estimate of drug-likeness (QED) is 0.256. The van der Waals surface area contributed by atoms with Gasteiger partial charge in [0.05, 0.1) is 18.2 Å². The number of nitrogens with zero attached hydrogens (tertiary/aromatic N) is 2. The minimum atomic E-state index is -2.89. The van der Waals surface area contributed by atoms with E-state index < -0.39 is 28.7 Å². The molecule has 0 aromatic heterocycles. The van der Waals surface area contributed by atoms with Crippen LogP contribution in [0, 0.1) is 0 Å². The van der Waals surface area contributed by atoms with Gasteiger partial charge in [0, 0.05) is 0 Å². The smallest absolute Gasteiger partial charge is 0.411 e. The van der Waals surface area contributed by atoms with E-state index in [2.05, 4.69) is 95.9 Å². The van der Waals surface area contributed by atoms with Gasteiger partial charge < -0.3 is 13.7 Å². The molecule has 2 heterocycles. The van der Waals surface area contributed by atoms with Crippen LogP contribution in [0.1, 0.15) is 39.3 Å². The standard InChI is InChI=1S/C33H42N2O4Si2/c1-24(39-41(33(2,3)4,26-19-13-9-14-20-26)27-21-15-10-16-22-27)29-30(31(36)35(29)40(5,6)7)34-28(23-38-32(34)37)25-17-11-8-12-18-25/h8-22,24,28-30H,23H2,1-7H3/t24-,28+,29-,30-/m0/s1. The van der Waals surface area contributed by atoms with Gasteiger partial charge in [-0.2, -0.15) is 0 Å². The highest BCUT2D eigenvalue weighted by Gasteiger charge is 2.62. The summed E-state index contributed by atoms with van der Waals surface area (Å²) in [4.78, 5) is 28.9. The third kappa shape index (κ3) is 5.06. The molecule has 0 N–H and O–H groups in total. The van der Waals surface area contributed by atoms with Crippen LogP contribution in [0.2, 0.25) is 24.7 Å². The maximum Gasteiger partial charge on any atom is 0.411 e. The van der Waals surface area contributed by atoms with Gasteiger partial charge in [-0.3, -0.25) is 9.69 Å². The third-order valence-corrected chi connectivity index (χ3v) is 15.6. The minimum Gasteiger partial charge on any atom is -0.447 e. The maximum atomic E-state index is 14.0. The summed E-state index contributed by atoms with van der Waals surface area (Å²) in [6, 6.07) is 29.7. The van der Waals surface area contributed by atoms with Crippen molar-refractivity contribution < 1.29 is 18.8 Å². The van der Waals surface area contributed by atoms with Gasteiger partial charge in [-0.25, -0.2) is 4.79 Å². The highest BCUT2D eigenvalue weighted by molar-refractivity contribution is 6.99. The van der Waals surface area contributed by atoms with Crippen molar-refractivity contribution in [3.63, 3.8) is 0 Å². The first-order valence-corrected chi connectivity index (χ1v) is 19.9. The fourth-order valence-corrected chi connectivity index (χ4v) is 13.5. The van der Waals surface area contributed by atoms with Crippen molar-refractivity contribution in [2.75, 3.05) is 6.61 Å². The molecule has 5 rings (SSSR count). The van der Waals surface area contributed by atoms with Gasteiger partial charge in [0.15, 0.2) is 8.24 Å². The molecular formula is C33H42N2O4Si2. The molecule has 2 amide bonds. The number of hydrogen-bond acceptors (Lipinski definition) is 4. The molecule has 216 valence electrons. The molecular weight excluding hydrogens is 545 g/mol. The van der Waals surface area contributed by atoms with E-state index in [0.717, 1.165) is 5.56 Å². The first-order chi connectivity index (χ1) is 19.4. The molecule has 2 aliphatic heterocycles. The molecule has 0 aliphatic carbocycles. The fraction of sp³-hybridized carbons (Fsp3) is 0.394. The van der Waals surface area contributed by atoms with Crippen molar-refractivity contribution in [2.24, 2.45) is 0 Å². The Bertz CT molecular complexity index is 1330. The number of hydrogen-bond donors (Lipinski definition) is 0. The van der Waals surface area contributed by atoms with E-state index in [-0.39, 0.29) is 35.7 Å². The average Bonchev–Trinajstić information content (AvgIpc) is 3.30. The van der Waals surface area contributed by atoms with E-state index >= 15 is 0 Å². The SMILES string of the molecule is C[C@H](O[Si](c1ccccc1)(c1ccccc1)C(C)(C)C)[C@H]1[C@H](N2C(=O)OC[C@@H]2c2ccccc2)C(=O)N1[Si](C)(C)C. The van der Waals surface area contributed by atoms with Crippen LogP contribution in [0.25, 0.3) is 0 Å². The van der Waals surface area contributed by atoms with Crippen LogP contribution in [-0.2, 0) is 14.0 Å². The second-order valence-corrected chi connectivity index (χ2v) is 22.3. The first-order valence-electron chi connectivity index (χ1n) is 14.5. The number of carbonyl (C=O) groups excluding carboxylic acids is 2. The van der Waals surface area contributed by atoms with Gasteiger partial charge in [0.1, 0.15) is 12.6 Å². The van der Waals surface area contributed by atoms with Crippen LogP contribution in [-0.4, -0.2) is 62.8 Å². The molecule has 0 bridgehead atoms. The number of rotatable bonds is 8. The Labute approximate surface area is 246 Å². The lowest BCUT2D eigenvalue weighted by atomic mass is 9.91. The van der Waals surface area contributed by atoms with Crippen molar-refractivity contribution in [2.45, 2.75) is 76.6 Å². The fourth-order valence-electron chi connectivity index (χ4n) is 6.73. The molecule has 6 nitrogen and oxygen atoms in total. The number of amides is 2. The van der Waals surface area contributed by atoms with E-state index in [1.54, 1.807) is 4.90 Å². The lowest BCUT2D eigenvalue weighted by Gasteiger charge is -2.59. The third-order valence-electron chi connectivity index (χ3n) is 8.49. The van der Waals surface area contributed by atoms with Gasteiger partial charge in [-0.15, -0.1) is 0 Å². The van der Waals surface area contributed by atoms with E-state index in [1.165, 1.54) is 10.4 Å². The van der Waals surface area contributed by atoms with Crippen LogP contribution >= 0.6 is 0 Å². The molecule has 0 radical (unpaired) electrons. The second-order valence-electron chi connectivity index (χ2n) is 13.2. The lowest BCUT2D eigenvalue weighted by molar-refractivity contribution is -0.154. The topological polar surface area (TPSA) is 59.1 Å². The highest BCUT2D eigenvalue weighted by Crippen LogP contribution is 2.43. The Morgan fingerprint density at radius 2 is 1.32 bits per heavy atom. The summed E-state index contributed by atoms with van der Waals surface area (Å²) in [5.41, 5.74) is 0.969. The second kappa shape index (κ2) is 10.9. The van der Waals surface area contributed by atoms with Crippen molar-refractivity contribution >= 4 is 38.9 Å². The molecule has 0 saturated carbocycles. The molecule has 2 saturated heterocycles. The Kier molecular flexibility index (Phi) is 7.78. The zero-order valence-corrected chi connectivity index (χ0v) is 27.2. The molecule has 41 heavy (non-hydrogen) atoms. The summed E-state index contributed by atoms with van der Waals surface area (Å²) in [6.07, 6.45) is -0.768. The number of ether oxygens (including phenoxy) is 1. The maximum absolute atomic E-state index is 14.0. The summed E-state index contributed by atoms with van der Waals surface area (Å²) in [5, 5.41) is 2.17. The Morgan fingerprint density at radius 1 is 0.829 bits per heavy atom. The largest absolute Gasteiger partial charge is 0.447 e. The van der Waals surface area contributed by atoms with Crippen molar-refractivity contribution in [3.8, 4) is 0 Å². The van der Waals surface area contributed by atoms with Gasteiger partial charge in [-0.05, 0) is 27.9 Å². The molecule has 4 atom stereocenters. The average molecular weight is 587 g/mol. The Balaban J connectivity index is 1.60. The number of carbonyl (C=O) groups is 2. The van der Waals surface area contributed by atoms with Crippen molar-refractivity contribution in [1.29, 1.82) is 0 Å². The number of benzene rings is 3. The van der Waals surface area contributed by atoms with Crippen LogP contribution in [0.3, 0.4) is 0 Å². The predicted octanol–water partition coefficient (Wildman–Crippen LogP) is 5.56.